The van der Waals surface area contributed by atoms with E-state index in [1.165, 1.54) is 0 Å². The summed E-state index contributed by atoms with van der Waals surface area (Å²) in [5.41, 5.74) is 0. The number of ether oxygens (including phenoxy) is 3. The van der Waals surface area contributed by atoms with E-state index in [0.717, 1.165) is 39.1 Å². The zero-order chi connectivity index (χ0) is 13.9. The van der Waals surface area contributed by atoms with Gasteiger partial charge in [-0.05, 0) is 12.8 Å². The number of likely N-dealkylation sites (tertiary alicyclic amines) is 1. The van der Waals surface area contributed by atoms with Crippen molar-refractivity contribution in [2.45, 2.75) is 32.3 Å². The molecule has 0 atom stereocenters. The highest BCUT2D eigenvalue weighted by molar-refractivity contribution is 5.79. The molecule has 1 aliphatic heterocycles. The van der Waals surface area contributed by atoms with Crippen LogP contribution in [0.15, 0.2) is 0 Å². The first kappa shape index (κ1) is 16.6. The number of Topliss-reactive ketones (excluding diaryl/α,β-unsaturated/α-hetero) is 1. The summed E-state index contributed by atoms with van der Waals surface area (Å²) in [6.07, 6.45) is 3.19. The summed E-state index contributed by atoms with van der Waals surface area (Å²) < 4.78 is 16.0. The summed E-state index contributed by atoms with van der Waals surface area (Å²) in [5, 5.41) is 0. The molecule has 0 aliphatic carbocycles. The van der Waals surface area contributed by atoms with Crippen LogP contribution < -0.4 is 0 Å². The van der Waals surface area contributed by atoms with Crippen LogP contribution in [0.1, 0.15) is 26.2 Å². The smallest absolute Gasteiger partial charge is 0.158 e. The minimum Gasteiger partial charge on any atom is -0.381 e. The van der Waals surface area contributed by atoms with Crippen molar-refractivity contribution in [3.8, 4) is 0 Å². The first-order valence-electron chi connectivity index (χ1n) is 7.18. The summed E-state index contributed by atoms with van der Waals surface area (Å²) in [6, 6.07) is 0. The van der Waals surface area contributed by atoms with Crippen molar-refractivity contribution in [2.75, 3.05) is 53.2 Å². The van der Waals surface area contributed by atoms with Gasteiger partial charge in [-0.25, -0.2) is 0 Å². The topological polar surface area (TPSA) is 48.0 Å². The summed E-state index contributed by atoms with van der Waals surface area (Å²) in [4.78, 5) is 13.4. The lowest BCUT2D eigenvalue weighted by Gasteiger charge is -2.30. The molecule has 1 heterocycles. The quantitative estimate of drug-likeness (QED) is 0.558. The normalized spacial score (nSPS) is 17.8. The molecule has 0 N–H and O–H groups in total. The van der Waals surface area contributed by atoms with Gasteiger partial charge in [0.2, 0.25) is 0 Å². The van der Waals surface area contributed by atoms with Crippen LogP contribution in [-0.4, -0.2) is 70.0 Å². The van der Waals surface area contributed by atoms with Crippen LogP contribution >= 0.6 is 0 Å². The van der Waals surface area contributed by atoms with Gasteiger partial charge < -0.3 is 19.1 Å². The Bertz CT molecular complexity index is 240. The molecule has 0 aromatic rings. The lowest BCUT2D eigenvalue weighted by atomic mass is 10.1. The van der Waals surface area contributed by atoms with Crippen LogP contribution in [-0.2, 0) is 19.0 Å². The van der Waals surface area contributed by atoms with Crippen molar-refractivity contribution in [3.05, 3.63) is 0 Å². The molecule has 0 bridgehead atoms. The number of piperidine rings is 1. The van der Waals surface area contributed by atoms with E-state index in [1.54, 1.807) is 7.11 Å². The maximum atomic E-state index is 11.0. The van der Waals surface area contributed by atoms with Crippen molar-refractivity contribution < 1.29 is 19.0 Å². The molecule has 0 saturated carbocycles. The fraction of sp³-hybridized carbons (Fsp3) is 0.929. The SMILES string of the molecule is CCC(=O)COCCOCCN1CCC(OC)CC1. The lowest BCUT2D eigenvalue weighted by Crippen LogP contribution is -2.38. The Kier molecular flexibility index (Phi) is 8.99. The van der Waals surface area contributed by atoms with Gasteiger partial charge in [0.05, 0.1) is 25.9 Å². The van der Waals surface area contributed by atoms with E-state index in [2.05, 4.69) is 4.90 Å². The average Bonchev–Trinajstić information content (AvgIpc) is 2.46. The van der Waals surface area contributed by atoms with Crippen molar-refractivity contribution in [2.24, 2.45) is 0 Å². The van der Waals surface area contributed by atoms with E-state index in [1.807, 2.05) is 6.92 Å². The van der Waals surface area contributed by atoms with Crippen LogP contribution in [0, 0.1) is 0 Å². The molecule has 112 valence electrons. The van der Waals surface area contributed by atoms with E-state index in [4.69, 9.17) is 14.2 Å². The lowest BCUT2D eigenvalue weighted by molar-refractivity contribution is -0.123. The van der Waals surface area contributed by atoms with Gasteiger partial charge in [-0.2, -0.15) is 0 Å². The van der Waals surface area contributed by atoms with Crippen molar-refractivity contribution in [3.63, 3.8) is 0 Å². The van der Waals surface area contributed by atoms with E-state index in [0.29, 0.717) is 25.7 Å². The number of methoxy groups -OCH3 is 1. The Morgan fingerprint density at radius 2 is 1.84 bits per heavy atom. The number of hydrogen-bond donors (Lipinski definition) is 0. The van der Waals surface area contributed by atoms with Crippen molar-refractivity contribution in [1.29, 1.82) is 0 Å². The fourth-order valence-electron chi connectivity index (χ4n) is 2.07. The second-order valence-electron chi connectivity index (χ2n) is 4.83. The Morgan fingerprint density at radius 1 is 1.16 bits per heavy atom. The van der Waals surface area contributed by atoms with Gasteiger partial charge in [-0.3, -0.25) is 4.79 Å². The molecule has 1 fully saturated rings. The summed E-state index contributed by atoms with van der Waals surface area (Å²) in [7, 11) is 1.78. The van der Waals surface area contributed by atoms with E-state index >= 15 is 0 Å². The summed E-state index contributed by atoms with van der Waals surface area (Å²) >= 11 is 0. The third-order valence-corrected chi connectivity index (χ3v) is 3.45. The van der Waals surface area contributed by atoms with E-state index in [9.17, 15) is 4.79 Å². The molecule has 1 aliphatic rings. The van der Waals surface area contributed by atoms with Crippen molar-refractivity contribution >= 4 is 5.78 Å². The number of nitrogens with zero attached hydrogens (tertiary/aromatic N) is 1. The second-order valence-corrected chi connectivity index (χ2v) is 4.83. The zero-order valence-electron chi connectivity index (χ0n) is 12.2. The third-order valence-electron chi connectivity index (χ3n) is 3.45. The molecule has 0 aromatic carbocycles. The predicted molar refractivity (Wildman–Crippen MR) is 73.4 cm³/mol. The monoisotopic (exact) mass is 273 g/mol. The Hall–Kier alpha value is -0.490. The molecular weight excluding hydrogens is 246 g/mol. The highest BCUT2D eigenvalue weighted by Gasteiger charge is 2.17. The number of hydrogen-bond acceptors (Lipinski definition) is 5. The molecular formula is C14H27NO4. The first-order valence-corrected chi connectivity index (χ1v) is 7.18. The molecule has 5 nitrogen and oxygen atoms in total. The zero-order valence-corrected chi connectivity index (χ0v) is 12.2. The first-order chi connectivity index (χ1) is 9.26. The van der Waals surface area contributed by atoms with Gasteiger partial charge >= 0.3 is 0 Å². The second kappa shape index (κ2) is 10.3. The van der Waals surface area contributed by atoms with Gasteiger partial charge in [0.25, 0.3) is 0 Å². The molecule has 0 unspecified atom stereocenters. The number of ketones is 1. The van der Waals surface area contributed by atoms with Crippen LogP contribution in [0.25, 0.3) is 0 Å². The standard InChI is InChI=1S/C14H27NO4/c1-3-13(16)12-19-11-10-18-9-8-15-6-4-14(17-2)5-7-15/h14H,3-12H2,1-2H3. The maximum absolute atomic E-state index is 11.0. The van der Waals surface area contributed by atoms with E-state index in [-0.39, 0.29) is 12.4 Å². The van der Waals surface area contributed by atoms with Crippen LogP contribution in [0.4, 0.5) is 0 Å². The highest BCUT2D eigenvalue weighted by Crippen LogP contribution is 2.12. The van der Waals surface area contributed by atoms with Gasteiger partial charge in [-0.15, -0.1) is 0 Å². The van der Waals surface area contributed by atoms with Gasteiger partial charge in [-0.1, -0.05) is 6.92 Å². The van der Waals surface area contributed by atoms with Crippen molar-refractivity contribution in [1.82, 2.24) is 4.90 Å². The Morgan fingerprint density at radius 3 is 2.47 bits per heavy atom. The number of carbonyl (C=O) groups is 1. The molecule has 0 aromatic heterocycles. The molecule has 0 radical (unpaired) electrons. The third kappa shape index (κ3) is 7.62. The summed E-state index contributed by atoms with van der Waals surface area (Å²) in [6.45, 7) is 6.97. The Labute approximate surface area is 116 Å². The number of rotatable bonds is 10. The molecule has 1 rings (SSSR count). The van der Waals surface area contributed by atoms with E-state index < -0.39 is 0 Å². The molecule has 0 spiro atoms. The highest BCUT2D eigenvalue weighted by atomic mass is 16.5. The molecule has 1 saturated heterocycles. The van der Waals surface area contributed by atoms with Crippen LogP contribution in [0.3, 0.4) is 0 Å². The largest absolute Gasteiger partial charge is 0.381 e. The minimum atomic E-state index is 0.140. The minimum absolute atomic E-state index is 0.140. The van der Waals surface area contributed by atoms with Gasteiger partial charge in [0.15, 0.2) is 5.78 Å². The van der Waals surface area contributed by atoms with Gasteiger partial charge in [0.1, 0.15) is 6.61 Å². The van der Waals surface area contributed by atoms with Crippen LogP contribution in [0.5, 0.6) is 0 Å². The Balaban J connectivity index is 1.87. The van der Waals surface area contributed by atoms with Gasteiger partial charge in [0, 0.05) is 33.2 Å². The maximum Gasteiger partial charge on any atom is 0.158 e. The predicted octanol–water partition coefficient (Wildman–Crippen LogP) is 1.11. The average molecular weight is 273 g/mol. The molecule has 0 amide bonds. The molecule has 5 heteroatoms. The fourth-order valence-corrected chi connectivity index (χ4v) is 2.07. The molecule has 19 heavy (non-hydrogen) atoms. The van der Waals surface area contributed by atoms with Crippen LogP contribution in [0.2, 0.25) is 0 Å². The number of carbonyl (C=O) groups excluding carboxylic acids is 1. The summed E-state index contributed by atoms with van der Waals surface area (Å²) in [5.74, 6) is 0.140.